The van der Waals surface area contributed by atoms with Gasteiger partial charge >= 0.3 is 5.97 Å². The normalized spacial score (nSPS) is 16.6. The topological polar surface area (TPSA) is 460 Å². The van der Waals surface area contributed by atoms with Crippen LogP contribution in [0.2, 0.25) is 0 Å². The van der Waals surface area contributed by atoms with Crippen LogP contribution in [0.25, 0.3) is 10.9 Å². The summed E-state index contributed by atoms with van der Waals surface area (Å²) < 4.78 is 0. The van der Waals surface area contributed by atoms with E-state index in [-0.39, 0.29) is 63.5 Å². The fourth-order valence-electron chi connectivity index (χ4n) is 8.47. The number of aliphatic imine (C=N–C) groups is 1. The molecular weight excluding hydrogens is 1020 g/mol. The molecule has 1 aliphatic rings. The number of carboxylic acids is 1. The smallest absolute Gasteiger partial charge is 0.322 e. The standard InChI is InChI=1S/C50H79N15O13/c1-7-26(4)40(48(77)60-32(14-10-18-55-50(53)54)43(72)57-23-39(68)69)64-42(71)28(6)58-44(73)33(16-17-38(52)67)59-45(74)34(20-25(2)3)61-46(75)36(24-66)63-47(76)37-15-11-19-65(37)49(78)35(62-41(70)27(5)51)21-29-22-56-31-13-9-8-12-30(29)31/h8-9,12-13,22,25-28,32-37,40,56,66H,7,10-11,14-21,23-24,51H2,1-6H3,(H2,52,67)(H,57,72)(H,58,73)(H,59,74)(H,60,77)(H,61,75)(H,62,70)(H,63,76)(H,64,71)(H,68,69)(H4,53,54,55)/t26-,27-,28-,32-,33-,34-,35-,36-,37-,40-/m0/s1. The molecule has 1 aromatic heterocycles. The molecule has 1 aliphatic heterocycles. The van der Waals surface area contributed by atoms with Crippen molar-refractivity contribution < 1.29 is 63.0 Å². The molecule has 10 amide bonds. The lowest BCUT2D eigenvalue weighted by Crippen LogP contribution is -2.61. The second kappa shape index (κ2) is 31.4. The molecule has 0 radical (unpaired) electrons. The second-order valence-corrected chi connectivity index (χ2v) is 19.8. The fraction of sp³-hybridized carbons (Fsp3) is 0.600. The van der Waals surface area contributed by atoms with Crippen LogP contribution >= 0.6 is 0 Å². The Morgan fingerprint density at radius 2 is 1.36 bits per heavy atom. The summed E-state index contributed by atoms with van der Waals surface area (Å²) in [7, 11) is 0. The number of benzene rings is 1. The average molecular weight is 1100 g/mol. The Labute approximate surface area is 451 Å². The van der Waals surface area contributed by atoms with E-state index in [1.54, 1.807) is 33.9 Å². The number of aliphatic carboxylic acids is 1. The molecule has 0 spiro atoms. The van der Waals surface area contributed by atoms with Crippen molar-refractivity contribution in [2.45, 2.75) is 154 Å². The SMILES string of the molecule is CC[C@H](C)[C@H](NC(=O)[C@H](C)NC(=O)[C@H](CCC(N)=O)NC(=O)[C@H](CC(C)C)NC(=O)[C@H](CO)NC(=O)[C@@H]1CCCN1C(=O)[C@H](Cc1c[nH]c2ccccc12)NC(=O)[C@H](C)N)C(=O)N[C@@H](CCCN=C(N)N)C(=O)NCC(=O)O. The number of hydrogen-bond donors (Lipinski definition) is 15. The molecule has 78 heavy (non-hydrogen) atoms. The minimum Gasteiger partial charge on any atom is -0.480 e. The maximum absolute atomic E-state index is 14.2. The highest BCUT2D eigenvalue weighted by atomic mass is 16.4. The van der Waals surface area contributed by atoms with Gasteiger partial charge in [0, 0.05) is 43.0 Å². The van der Waals surface area contributed by atoms with Gasteiger partial charge in [-0.05, 0) is 75.8 Å². The Kier molecular flexibility index (Phi) is 25.9. The highest BCUT2D eigenvalue weighted by Crippen LogP contribution is 2.23. The zero-order valence-corrected chi connectivity index (χ0v) is 45.0. The summed E-state index contributed by atoms with van der Waals surface area (Å²) in [6.45, 7) is 8.16. The number of aromatic amines is 1. The van der Waals surface area contributed by atoms with Crippen LogP contribution < -0.4 is 65.5 Å². The van der Waals surface area contributed by atoms with Crippen LogP contribution in [0.3, 0.4) is 0 Å². The Balaban J connectivity index is 1.76. The highest BCUT2D eigenvalue weighted by Gasteiger charge is 2.40. The molecule has 1 saturated heterocycles. The maximum atomic E-state index is 14.2. The number of aliphatic hydroxyl groups is 1. The summed E-state index contributed by atoms with van der Waals surface area (Å²) in [6.07, 6.45) is 2.09. The summed E-state index contributed by atoms with van der Waals surface area (Å²) in [5.74, 6) is -10.5. The molecule has 0 unspecified atom stereocenters. The van der Waals surface area contributed by atoms with E-state index in [2.05, 4.69) is 52.5 Å². The van der Waals surface area contributed by atoms with Gasteiger partial charge in [0.15, 0.2) is 5.96 Å². The van der Waals surface area contributed by atoms with Gasteiger partial charge in [0.2, 0.25) is 59.1 Å². The van der Waals surface area contributed by atoms with Gasteiger partial charge in [0.1, 0.15) is 54.9 Å². The van der Waals surface area contributed by atoms with E-state index < -0.39 is 145 Å². The lowest BCUT2D eigenvalue weighted by molar-refractivity contribution is -0.142. The second-order valence-electron chi connectivity index (χ2n) is 19.8. The van der Waals surface area contributed by atoms with Gasteiger partial charge in [-0.1, -0.05) is 52.3 Å². The van der Waals surface area contributed by atoms with E-state index in [0.717, 1.165) is 16.5 Å². The monoisotopic (exact) mass is 1100 g/mol. The number of guanidine groups is 1. The number of nitrogens with two attached hydrogens (primary N) is 4. The van der Waals surface area contributed by atoms with E-state index in [1.165, 1.54) is 18.7 Å². The molecule has 28 heteroatoms. The number of amides is 10. The molecule has 2 aromatic rings. The molecule has 19 N–H and O–H groups in total. The fourth-order valence-corrected chi connectivity index (χ4v) is 8.47. The number of para-hydroxylation sites is 1. The van der Waals surface area contributed by atoms with Crippen LogP contribution in [-0.4, -0.2) is 172 Å². The lowest BCUT2D eigenvalue weighted by atomic mass is 9.97. The number of aromatic nitrogens is 1. The van der Waals surface area contributed by atoms with E-state index >= 15 is 0 Å². The van der Waals surface area contributed by atoms with Crippen LogP contribution in [0.4, 0.5) is 0 Å². The van der Waals surface area contributed by atoms with Crippen LogP contribution in [0.1, 0.15) is 98.5 Å². The van der Waals surface area contributed by atoms with Crippen molar-refractivity contribution >= 4 is 81.9 Å². The number of carboxylic acid groups (broad SMARTS) is 1. The Bertz CT molecular complexity index is 2480. The van der Waals surface area contributed by atoms with E-state index in [1.807, 2.05) is 24.3 Å². The predicted molar refractivity (Wildman–Crippen MR) is 285 cm³/mol. The predicted octanol–water partition coefficient (Wildman–Crippen LogP) is -3.93. The number of primary amides is 1. The minimum absolute atomic E-state index is 0.0164. The van der Waals surface area contributed by atoms with Crippen LogP contribution in [-0.2, 0) is 59.2 Å². The number of fused-ring (bicyclic) bond motifs is 1. The van der Waals surface area contributed by atoms with Crippen LogP contribution in [0, 0.1) is 11.8 Å². The van der Waals surface area contributed by atoms with Crippen LogP contribution in [0.15, 0.2) is 35.5 Å². The van der Waals surface area contributed by atoms with Crippen molar-refractivity contribution in [2.24, 2.45) is 39.8 Å². The number of aliphatic hydroxyl groups excluding tert-OH is 1. The highest BCUT2D eigenvalue weighted by molar-refractivity contribution is 5.99. The lowest BCUT2D eigenvalue weighted by Gasteiger charge is -2.30. The van der Waals surface area contributed by atoms with Crippen molar-refractivity contribution in [1.29, 1.82) is 0 Å². The molecular formula is C50H79N15O13. The summed E-state index contributed by atoms with van der Waals surface area (Å²) >= 11 is 0. The zero-order chi connectivity index (χ0) is 58.4. The third-order valence-electron chi connectivity index (χ3n) is 13.0. The van der Waals surface area contributed by atoms with Gasteiger partial charge in [-0.15, -0.1) is 0 Å². The number of hydrogen-bond acceptors (Lipinski definition) is 14. The Morgan fingerprint density at radius 1 is 0.744 bits per heavy atom. The first-order chi connectivity index (χ1) is 36.8. The summed E-state index contributed by atoms with van der Waals surface area (Å²) in [5.41, 5.74) is 23.5. The van der Waals surface area contributed by atoms with Gasteiger partial charge < -0.3 is 85.6 Å². The first-order valence-electron chi connectivity index (χ1n) is 26.0. The minimum atomic E-state index is -1.64. The number of nitrogens with one attached hydrogen (secondary N) is 9. The van der Waals surface area contributed by atoms with E-state index in [0.29, 0.717) is 12.8 Å². The number of nitrogens with zero attached hydrogens (tertiary/aromatic N) is 2. The summed E-state index contributed by atoms with van der Waals surface area (Å²) in [6, 6.07) is -4.29. The van der Waals surface area contributed by atoms with Crippen LogP contribution in [0.5, 0.6) is 0 Å². The largest absolute Gasteiger partial charge is 0.480 e. The third kappa shape index (κ3) is 20.2. The number of carbonyl (C=O) groups excluding carboxylic acids is 10. The molecule has 432 valence electrons. The Hall–Kier alpha value is -7.88. The molecule has 1 fully saturated rings. The summed E-state index contributed by atoms with van der Waals surface area (Å²) in [4.78, 5) is 154. The van der Waals surface area contributed by atoms with E-state index in [4.69, 9.17) is 28.0 Å². The van der Waals surface area contributed by atoms with Gasteiger partial charge in [-0.2, -0.15) is 0 Å². The van der Waals surface area contributed by atoms with Gasteiger partial charge in [-0.25, -0.2) is 0 Å². The first kappa shape index (κ1) is 64.4. The molecule has 10 atom stereocenters. The zero-order valence-electron chi connectivity index (χ0n) is 45.0. The van der Waals surface area contributed by atoms with Gasteiger partial charge in [-0.3, -0.25) is 57.7 Å². The van der Waals surface area contributed by atoms with Crippen molar-refractivity contribution in [1.82, 2.24) is 52.4 Å². The molecule has 28 nitrogen and oxygen atoms in total. The molecule has 0 bridgehead atoms. The number of rotatable bonds is 32. The number of H-pyrrole nitrogens is 1. The molecule has 0 aliphatic carbocycles. The van der Waals surface area contributed by atoms with Gasteiger partial charge in [0.05, 0.1) is 12.6 Å². The van der Waals surface area contributed by atoms with Crippen molar-refractivity contribution in [3.63, 3.8) is 0 Å². The van der Waals surface area contributed by atoms with Crippen molar-refractivity contribution in [3.8, 4) is 0 Å². The van der Waals surface area contributed by atoms with Gasteiger partial charge in [0.25, 0.3) is 0 Å². The maximum Gasteiger partial charge on any atom is 0.322 e. The molecule has 0 saturated carbocycles. The quantitative estimate of drug-likeness (QED) is 0.0189. The summed E-state index contributed by atoms with van der Waals surface area (Å²) in [5, 5.41) is 40.3. The van der Waals surface area contributed by atoms with Crippen molar-refractivity contribution in [3.05, 3.63) is 36.0 Å². The molecule has 3 rings (SSSR count). The Morgan fingerprint density at radius 3 is 1.97 bits per heavy atom. The number of likely N-dealkylation sites (tertiary alicyclic amines) is 1. The average Bonchev–Trinajstić information content (AvgIpc) is 4.05. The number of carbonyl (C=O) groups is 11. The third-order valence-corrected chi connectivity index (χ3v) is 13.0. The molecule has 1 aromatic carbocycles. The van der Waals surface area contributed by atoms with E-state index in [9.17, 15) is 57.8 Å². The molecule has 2 heterocycles. The van der Waals surface area contributed by atoms with Crippen molar-refractivity contribution in [2.75, 3.05) is 26.2 Å². The first-order valence-corrected chi connectivity index (χ1v) is 26.0.